The Hall–Kier alpha value is -1.78. The van der Waals surface area contributed by atoms with E-state index in [0.29, 0.717) is 15.8 Å². The fraction of sp³-hybridized carbons (Fsp3) is 0.0714. The van der Waals surface area contributed by atoms with Crippen molar-refractivity contribution in [3.05, 3.63) is 63.4 Å². The maximum atomic E-state index is 13.7. The highest BCUT2D eigenvalue weighted by Crippen LogP contribution is 2.25. The van der Waals surface area contributed by atoms with E-state index in [1.54, 1.807) is 18.2 Å². The molecule has 1 N–H and O–H groups in total. The first-order chi connectivity index (χ1) is 9.45. The average Bonchev–Trinajstić information content (AvgIpc) is 2.36. The maximum absolute atomic E-state index is 13.7. The Kier molecular flexibility index (Phi) is 4.47. The van der Waals surface area contributed by atoms with Gasteiger partial charge in [0.15, 0.2) is 0 Å². The molecule has 0 aliphatic carbocycles. The molecule has 104 valence electrons. The van der Waals surface area contributed by atoms with Crippen LogP contribution in [0, 0.1) is 5.82 Å². The third-order valence-corrected chi connectivity index (χ3v) is 2.97. The van der Waals surface area contributed by atoms with Crippen LogP contribution >= 0.6 is 23.2 Å². The number of rotatable bonds is 4. The number of ether oxygens (including phenoxy) is 1. The molecule has 0 fully saturated rings. The third kappa shape index (κ3) is 3.62. The van der Waals surface area contributed by atoms with Crippen molar-refractivity contribution in [1.29, 1.82) is 0 Å². The minimum absolute atomic E-state index is 0.0532. The first-order valence-corrected chi connectivity index (χ1v) is 6.32. The van der Waals surface area contributed by atoms with Crippen LogP contribution in [-0.4, -0.2) is 11.1 Å². The van der Waals surface area contributed by atoms with Crippen LogP contribution in [0.25, 0.3) is 0 Å². The molecule has 20 heavy (non-hydrogen) atoms. The number of halogens is 3. The van der Waals surface area contributed by atoms with Crippen LogP contribution in [0.15, 0.2) is 36.4 Å². The number of carboxylic acids is 1. The summed E-state index contributed by atoms with van der Waals surface area (Å²) in [6, 6.07) is 8.29. The van der Waals surface area contributed by atoms with E-state index in [-0.39, 0.29) is 17.7 Å². The number of hydrogen-bond acceptors (Lipinski definition) is 2. The van der Waals surface area contributed by atoms with Gasteiger partial charge in [-0.2, -0.15) is 0 Å². The molecule has 2 aromatic carbocycles. The largest absolute Gasteiger partial charge is 0.489 e. The fourth-order valence-corrected chi connectivity index (χ4v) is 2.08. The normalized spacial score (nSPS) is 10.3. The van der Waals surface area contributed by atoms with Gasteiger partial charge in [0.05, 0.1) is 5.56 Å². The number of benzene rings is 2. The van der Waals surface area contributed by atoms with Crippen molar-refractivity contribution in [1.82, 2.24) is 0 Å². The van der Waals surface area contributed by atoms with E-state index in [1.165, 1.54) is 12.1 Å². The molecule has 0 aliphatic rings. The van der Waals surface area contributed by atoms with Gasteiger partial charge >= 0.3 is 5.97 Å². The molecular weight excluding hydrogens is 306 g/mol. The highest BCUT2D eigenvalue weighted by molar-refractivity contribution is 6.34. The molecule has 0 atom stereocenters. The predicted octanol–water partition coefficient (Wildman–Crippen LogP) is 4.41. The van der Waals surface area contributed by atoms with Gasteiger partial charge in [-0.15, -0.1) is 0 Å². The highest BCUT2D eigenvalue weighted by atomic mass is 35.5. The molecule has 0 amide bonds. The SMILES string of the molecule is O=C(O)c1ccc(COc2cc(Cl)cc(Cl)c2)c(F)c1. The van der Waals surface area contributed by atoms with Gasteiger partial charge in [0.1, 0.15) is 18.2 Å². The summed E-state index contributed by atoms with van der Waals surface area (Å²) in [7, 11) is 0. The molecule has 0 radical (unpaired) electrons. The van der Waals surface area contributed by atoms with Crippen LogP contribution in [0.4, 0.5) is 4.39 Å². The lowest BCUT2D eigenvalue weighted by molar-refractivity contribution is 0.0696. The molecule has 6 heteroatoms. The Morgan fingerprint density at radius 1 is 1.15 bits per heavy atom. The Morgan fingerprint density at radius 2 is 1.80 bits per heavy atom. The second-order valence-electron chi connectivity index (χ2n) is 4.01. The van der Waals surface area contributed by atoms with Gasteiger partial charge in [0, 0.05) is 15.6 Å². The van der Waals surface area contributed by atoms with Crippen molar-refractivity contribution in [2.24, 2.45) is 0 Å². The predicted molar refractivity (Wildman–Crippen MR) is 74.2 cm³/mol. The smallest absolute Gasteiger partial charge is 0.335 e. The summed E-state index contributed by atoms with van der Waals surface area (Å²) in [5, 5.41) is 9.56. The lowest BCUT2D eigenvalue weighted by atomic mass is 10.1. The van der Waals surface area contributed by atoms with Crippen molar-refractivity contribution in [2.45, 2.75) is 6.61 Å². The zero-order valence-corrected chi connectivity index (χ0v) is 11.6. The number of aromatic carboxylic acids is 1. The van der Waals surface area contributed by atoms with Gasteiger partial charge in [0.25, 0.3) is 0 Å². The van der Waals surface area contributed by atoms with Gasteiger partial charge in [-0.3, -0.25) is 0 Å². The van der Waals surface area contributed by atoms with E-state index in [4.69, 9.17) is 33.0 Å². The van der Waals surface area contributed by atoms with Crippen molar-refractivity contribution >= 4 is 29.2 Å². The van der Waals surface area contributed by atoms with E-state index in [9.17, 15) is 9.18 Å². The molecule has 0 spiro atoms. The van der Waals surface area contributed by atoms with Crippen LogP contribution in [0.5, 0.6) is 5.75 Å². The number of carboxylic acid groups (broad SMARTS) is 1. The standard InChI is InChI=1S/C14H9Cl2FO3/c15-10-4-11(16)6-12(5-10)20-7-9-2-1-8(14(18)19)3-13(9)17/h1-6H,7H2,(H,18,19). The molecule has 0 heterocycles. The summed E-state index contributed by atoms with van der Waals surface area (Å²) in [4.78, 5) is 10.7. The third-order valence-electron chi connectivity index (χ3n) is 2.53. The first kappa shape index (κ1) is 14.6. The average molecular weight is 315 g/mol. The van der Waals surface area contributed by atoms with Crippen molar-refractivity contribution in [3.63, 3.8) is 0 Å². The molecule has 0 unspecified atom stereocenters. The molecule has 0 aliphatic heterocycles. The van der Waals surface area contributed by atoms with Crippen molar-refractivity contribution < 1.29 is 19.0 Å². The Balaban J connectivity index is 2.12. The Bertz CT molecular complexity index is 639. The summed E-state index contributed by atoms with van der Waals surface area (Å²) >= 11 is 11.6. The summed E-state index contributed by atoms with van der Waals surface area (Å²) in [5.41, 5.74) is 0.128. The topological polar surface area (TPSA) is 46.5 Å². The lowest BCUT2D eigenvalue weighted by Crippen LogP contribution is -2.02. The van der Waals surface area contributed by atoms with Crippen molar-refractivity contribution in [3.8, 4) is 5.75 Å². The van der Waals surface area contributed by atoms with Crippen LogP contribution in [-0.2, 0) is 6.61 Å². The summed E-state index contributed by atoms with van der Waals surface area (Å²) < 4.78 is 19.1. The van der Waals surface area contributed by atoms with E-state index in [2.05, 4.69) is 0 Å². The van der Waals surface area contributed by atoms with Crippen LogP contribution in [0.3, 0.4) is 0 Å². The Labute approximate surface area is 124 Å². The second-order valence-corrected chi connectivity index (χ2v) is 4.88. The molecule has 0 saturated heterocycles. The van der Waals surface area contributed by atoms with Gasteiger partial charge in [0.2, 0.25) is 0 Å². The minimum atomic E-state index is -1.18. The molecule has 0 aromatic heterocycles. The molecule has 0 saturated carbocycles. The lowest BCUT2D eigenvalue weighted by Gasteiger charge is -2.08. The van der Waals surface area contributed by atoms with Gasteiger partial charge in [-0.25, -0.2) is 9.18 Å². The molecule has 3 nitrogen and oxygen atoms in total. The number of carbonyl (C=O) groups is 1. The summed E-state index contributed by atoms with van der Waals surface area (Å²) in [5.74, 6) is -1.42. The van der Waals surface area contributed by atoms with E-state index in [0.717, 1.165) is 6.07 Å². The zero-order valence-electron chi connectivity index (χ0n) is 10.1. The van der Waals surface area contributed by atoms with Crippen LogP contribution in [0.2, 0.25) is 10.0 Å². The molecule has 2 aromatic rings. The van der Waals surface area contributed by atoms with Crippen LogP contribution in [0.1, 0.15) is 15.9 Å². The van der Waals surface area contributed by atoms with E-state index >= 15 is 0 Å². The molecule has 0 bridgehead atoms. The van der Waals surface area contributed by atoms with Gasteiger partial charge < -0.3 is 9.84 Å². The van der Waals surface area contributed by atoms with Gasteiger partial charge in [-0.05, 0) is 30.3 Å². The van der Waals surface area contributed by atoms with Crippen LogP contribution < -0.4 is 4.74 Å². The molecule has 2 rings (SSSR count). The first-order valence-electron chi connectivity index (χ1n) is 5.56. The van der Waals surface area contributed by atoms with E-state index in [1.807, 2.05) is 0 Å². The maximum Gasteiger partial charge on any atom is 0.335 e. The number of hydrogen-bond donors (Lipinski definition) is 1. The highest BCUT2D eigenvalue weighted by Gasteiger charge is 2.09. The van der Waals surface area contributed by atoms with E-state index < -0.39 is 11.8 Å². The summed E-state index contributed by atoms with van der Waals surface area (Å²) in [6.45, 7) is -0.0532. The monoisotopic (exact) mass is 314 g/mol. The Morgan fingerprint density at radius 3 is 2.35 bits per heavy atom. The van der Waals surface area contributed by atoms with Crippen molar-refractivity contribution in [2.75, 3.05) is 0 Å². The minimum Gasteiger partial charge on any atom is -0.489 e. The quantitative estimate of drug-likeness (QED) is 0.909. The fourth-order valence-electron chi connectivity index (χ4n) is 1.57. The zero-order chi connectivity index (χ0) is 14.7. The summed E-state index contributed by atoms with van der Waals surface area (Å²) in [6.07, 6.45) is 0. The molecular formula is C14H9Cl2FO3. The second kappa shape index (κ2) is 6.11. The van der Waals surface area contributed by atoms with Gasteiger partial charge in [-0.1, -0.05) is 29.3 Å².